The number of hydrogen-bond acceptors (Lipinski definition) is 9. The van der Waals surface area contributed by atoms with Gasteiger partial charge in [0.25, 0.3) is 0 Å². The Morgan fingerprint density at radius 2 is 1.02 bits per heavy atom. The summed E-state index contributed by atoms with van der Waals surface area (Å²) in [6.07, 6.45) is -4.52. The van der Waals surface area contributed by atoms with Crippen molar-refractivity contribution in [2.75, 3.05) is 20.3 Å². The van der Waals surface area contributed by atoms with Crippen molar-refractivity contribution < 1.29 is 42.6 Å². The summed E-state index contributed by atoms with van der Waals surface area (Å²) >= 11 is 0. The predicted octanol–water partition coefficient (Wildman–Crippen LogP) is 5.97. The second kappa shape index (κ2) is 17.0. The fourth-order valence-corrected chi connectivity index (χ4v) is 6.54. The van der Waals surface area contributed by atoms with E-state index >= 15 is 0 Å². The first-order chi connectivity index (χ1) is 24.2. The van der Waals surface area contributed by atoms with E-state index in [4.69, 9.17) is 42.6 Å². The first kappa shape index (κ1) is 34.0. The van der Waals surface area contributed by atoms with E-state index in [9.17, 15) is 0 Å². The fraction of sp³-hybridized carbons (Fsp3) is 0.400. The third kappa shape index (κ3) is 8.64. The normalized spacial score (nSPS) is 28.0. The van der Waals surface area contributed by atoms with Gasteiger partial charge in [0.1, 0.15) is 36.6 Å². The van der Waals surface area contributed by atoms with Gasteiger partial charge in [-0.2, -0.15) is 0 Å². The van der Waals surface area contributed by atoms with E-state index in [0.29, 0.717) is 39.6 Å². The second-order valence-corrected chi connectivity index (χ2v) is 12.5. The lowest BCUT2D eigenvalue weighted by Gasteiger charge is -2.31. The molecule has 3 aliphatic heterocycles. The number of methoxy groups -OCH3 is 1. The molecule has 0 unspecified atom stereocenters. The van der Waals surface area contributed by atoms with Crippen molar-refractivity contribution in [1.82, 2.24) is 0 Å². The average molecular weight is 669 g/mol. The van der Waals surface area contributed by atoms with Crippen LogP contribution in [0.2, 0.25) is 0 Å². The molecule has 2 saturated heterocycles. The van der Waals surface area contributed by atoms with Gasteiger partial charge in [0.05, 0.1) is 46.2 Å². The molecule has 258 valence electrons. The quantitative estimate of drug-likeness (QED) is 0.161. The summed E-state index contributed by atoms with van der Waals surface area (Å²) in [6.45, 7) is 2.70. The van der Waals surface area contributed by atoms with Crippen molar-refractivity contribution in [3.63, 3.8) is 0 Å². The molecule has 3 aliphatic rings. The van der Waals surface area contributed by atoms with E-state index < -0.39 is 49.2 Å². The van der Waals surface area contributed by atoms with Crippen LogP contribution in [0.1, 0.15) is 27.8 Å². The molecule has 3 heterocycles. The molecule has 7 rings (SSSR count). The highest BCUT2D eigenvalue weighted by Gasteiger charge is 2.53. The highest BCUT2D eigenvalue weighted by Crippen LogP contribution is 2.36. The molecule has 0 radical (unpaired) electrons. The fourth-order valence-electron chi connectivity index (χ4n) is 6.54. The number of benzene rings is 4. The molecule has 8 atom stereocenters. The predicted molar refractivity (Wildman–Crippen MR) is 180 cm³/mol. The molecular formula is C40H44O9. The molecule has 9 nitrogen and oxygen atoms in total. The molecule has 0 saturated carbocycles. The summed E-state index contributed by atoms with van der Waals surface area (Å²) in [5.74, 6) is 0. The average Bonchev–Trinajstić information content (AvgIpc) is 3.64. The third-order valence-electron chi connectivity index (χ3n) is 9.11. The van der Waals surface area contributed by atoms with Crippen molar-refractivity contribution >= 4 is 0 Å². The Kier molecular flexibility index (Phi) is 11.8. The van der Waals surface area contributed by atoms with E-state index in [1.807, 2.05) is 103 Å². The smallest absolute Gasteiger partial charge is 0.187 e. The first-order valence-corrected chi connectivity index (χ1v) is 16.9. The lowest BCUT2D eigenvalue weighted by molar-refractivity contribution is -0.251. The van der Waals surface area contributed by atoms with Crippen LogP contribution < -0.4 is 0 Å². The van der Waals surface area contributed by atoms with Crippen LogP contribution in [0.15, 0.2) is 115 Å². The zero-order chi connectivity index (χ0) is 33.3. The Hall–Kier alpha value is -3.48. The van der Waals surface area contributed by atoms with Crippen molar-refractivity contribution in [1.29, 1.82) is 0 Å². The number of fused-ring (bicyclic) bond motifs is 2. The molecule has 0 N–H and O–H groups in total. The van der Waals surface area contributed by atoms with Gasteiger partial charge in [-0.3, -0.25) is 0 Å². The maximum atomic E-state index is 6.81. The van der Waals surface area contributed by atoms with Crippen molar-refractivity contribution in [3.8, 4) is 0 Å². The van der Waals surface area contributed by atoms with Crippen molar-refractivity contribution in [2.24, 2.45) is 0 Å². The largest absolute Gasteiger partial charge is 0.374 e. The van der Waals surface area contributed by atoms with Crippen LogP contribution in [0.25, 0.3) is 0 Å². The zero-order valence-electron chi connectivity index (χ0n) is 27.7. The van der Waals surface area contributed by atoms with Crippen LogP contribution in [0.4, 0.5) is 0 Å². The molecule has 0 aromatic heterocycles. The molecule has 2 fully saturated rings. The van der Waals surface area contributed by atoms with E-state index in [-0.39, 0.29) is 6.61 Å². The summed E-state index contributed by atoms with van der Waals surface area (Å²) in [6, 6.07) is 38.3. The van der Waals surface area contributed by atoms with Gasteiger partial charge >= 0.3 is 0 Å². The van der Waals surface area contributed by atoms with Gasteiger partial charge in [0, 0.05) is 7.11 Å². The maximum absolute atomic E-state index is 6.81. The first-order valence-electron chi connectivity index (χ1n) is 16.9. The number of rotatable bonds is 14. The molecule has 0 amide bonds. The van der Waals surface area contributed by atoms with E-state index in [2.05, 4.69) is 12.1 Å². The summed E-state index contributed by atoms with van der Waals surface area (Å²) < 4.78 is 57.6. The number of hydrogen-bond donors (Lipinski definition) is 0. The Morgan fingerprint density at radius 3 is 1.59 bits per heavy atom. The Balaban J connectivity index is 1.09. The van der Waals surface area contributed by atoms with E-state index in [1.54, 1.807) is 7.11 Å². The van der Waals surface area contributed by atoms with E-state index in [0.717, 1.165) is 27.8 Å². The topological polar surface area (TPSA) is 83.1 Å². The Morgan fingerprint density at radius 1 is 0.531 bits per heavy atom. The monoisotopic (exact) mass is 668 g/mol. The second-order valence-electron chi connectivity index (χ2n) is 12.5. The molecule has 49 heavy (non-hydrogen) atoms. The summed E-state index contributed by atoms with van der Waals surface area (Å²) in [7, 11) is 1.60. The van der Waals surface area contributed by atoms with Crippen LogP contribution in [-0.2, 0) is 75.7 Å². The minimum absolute atomic E-state index is 0.290. The lowest BCUT2D eigenvalue weighted by atomic mass is 10.1. The Bertz CT molecular complexity index is 1560. The molecule has 4 aromatic carbocycles. The molecule has 0 aliphatic carbocycles. The van der Waals surface area contributed by atoms with Crippen LogP contribution in [0.3, 0.4) is 0 Å². The van der Waals surface area contributed by atoms with Crippen LogP contribution >= 0.6 is 0 Å². The van der Waals surface area contributed by atoms with Crippen LogP contribution in [0.5, 0.6) is 0 Å². The van der Waals surface area contributed by atoms with Gasteiger partial charge in [-0.25, -0.2) is 0 Å². The van der Waals surface area contributed by atoms with E-state index in [1.165, 1.54) is 0 Å². The third-order valence-corrected chi connectivity index (χ3v) is 9.11. The van der Waals surface area contributed by atoms with Gasteiger partial charge in [-0.05, 0) is 27.8 Å². The van der Waals surface area contributed by atoms with Crippen molar-refractivity contribution in [3.05, 3.63) is 143 Å². The van der Waals surface area contributed by atoms with Gasteiger partial charge in [-0.1, -0.05) is 115 Å². The Labute approximate surface area is 287 Å². The molecule has 0 spiro atoms. The van der Waals surface area contributed by atoms with Gasteiger partial charge in [0.2, 0.25) is 0 Å². The van der Waals surface area contributed by atoms with Gasteiger partial charge in [0.15, 0.2) is 12.6 Å². The molecule has 4 aromatic rings. The molecule has 9 heteroatoms. The minimum Gasteiger partial charge on any atom is -0.374 e. The maximum Gasteiger partial charge on any atom is 0.187 e. The summed E-state index contributed by atoms with van der Waals surface area (Å²) in [4.78, 5) is 0. The van der Waals surface area contributed by atoms with Crippen LogP contribution in [-0.4, -0.2) is 69.5 Å². The highest BCUT2D eigenvalue weighted by atomic mass is 16.8. The van der Waals surface area contributed by atoms with Crippen LogP contribution in [0, 0.1) is 0 Å². The SMILES string of the molecule is CO[C@H]1O[C@H](COCc2ccccc2)[C@@H](OCc2ccccc2)[C@@H]1O[C@@H]1O[C@H](COCc2ccccc2)[C@H]2OCc3ccccc3CO[C@H]12. The molecular weight excluding hydrogens is 624 g/mol. The lowest BCUT2D eigenvalue weighted by Crippen LogP contribution is -2.46. The molecule has 0 bridgehead atoms. The van der Waals surface area contributed by atoms with Gasteiger partial charge < -0.3 is 42.6 Å². The summed E-state index contributed by atoms with van der Waals surface area (Å²) in [5.41, 5.74) is 5.35. The zero-order valence-corrected chi connectivity index (χ0v) is 27.7. The highest BCUT2D eigenvalue weighted by molar-refractivity contribution is 5.26. The number of ether oxygens (including phenoxy) is 9. The van der Waals surface area contributed by atoms with Gasteiger partial charge in [-0.15, -0.1) is 0 Å². The standard InChI is InChI=1S/C40H44O9/c1-41-39-38(36(44-23-30-17-9-4-10-18-30)34(47-39)27-43-22-29-15-7-3-8-16-29)49-40-37-35(45-24-31-19-11-12-20-32(31)25-46-37)33(48-40)26-42-21-28-13-5-2-6-14-28/h2-20,33-40H,21-27H2,1H3/t33-,34-,35-,36-,37+,38+,39+,40+/m1/s1. The minimum atomic E-state index is -0.793. The summed E-state index contributed by atoms with van der Waals surface area (Å²) in [5, 5.41) is 0. The van der Waals surface area contributed by atoms with Crippen molar-refractivity contribution in [2.45, 2.75) is 82.2 Å².